The molecular formula is C20H21N5O3. The maximum Gasteiger partial charge on any atom is 0.376 e. The summed E-state index contributed by atoms with van der Waals surface area (Å²) in [6.45, 7) is 1.65. The Morgan fingerprint density at radius 1 is 1.18 bits per heavy atom. The van der Waals surface area contributed by atoms with Crippen LogP contribution in [0.4, 0.5) is 17.2 Å². The summed E-state index contributed by atoms with van der Waals surface area (Å²) in [4.78, 5) is 32.3. The van der Waals surface area contributed by atoms with Crippen LogP contribution in [0.5, 0.6) is 0 Å². The summed E-state index contributed by atoms with van der Waals surface area (Å²) in [5.41, 5.74) is 0.383. The van der Waals surface area contributed by atoms with Crippen LogP contribution < -0.4 is 15.4 Å². The number of pyridine rings is 1. The van der Waals surface area contributed by atoms with Crippen LogP contribution in [0, 0.1) is 10.1 Å². The highest BCUT2D eigenvalue weighted by Gasteiger charge is 2.31. The summed E-state index contributed by atoms with van der Waals surface area (Å²) in [7, 11) is 1.79. The van der Waals surface area contributed by atoms with Crippen molar-refractivity contribution in [2.24, 2.45) is 0 Å². The number of benzene rings is 1. The van der Waals surface area contributed by atoms with Crippen molar-refractivity contribution in [3.8, 4) is 0 Å². The van der Waals surface area contributed by atoms with Crippen LogP contribution in [0.3, 0.4) is 0 Å². The lowest BCUT2D eigenvalue weighted by Crippen LogP contribution is -2.47. The first-order chi connectivity index (χ1) is 13.6. The lowest BCUT2D eigenvalue weighted by atomic mass is 10.0. The molecule has 1 unspecified atom stereocenters. The highest BCUT2D eigenvalue weighted by molar-refractivity contribution is 5.62. The normalized spacial score (nSPS) is 16.9. The van der Waals surface area contributed by atoms with Crippen LogP contribution in [0.25, 0.3) is 5.65 Å². The van der Waals surface area contributed by atoms with Crippen LogP contribution in [-0.2, 0) is 0 Å². The molecule has 0 spiro atoms. The predicted octanol–water partition coefficient (Wildman–Crippen LogP) is 2.71. The van der Waals surface area contributed by atoms with Crippen molar-refractivity contribution in [2.45, 2.75) is 18.9 Å². The summed E-state index contributed by atoms with van der Waals surface area (Å²) >= 11 is 0. The molecule has 0 N–H and O–H groups in total. The topological polar surface area (TPSA) is 84.0 Å². The first-order valence-corrected chi connectivity index (χ1v) is 9.25. The van der Waals surface area contributed by atoms with E-state index in [0.29, 0.717) is 12.2 Å². The van der Waals surface area contributed by atoms with Gasteiger partial charge in [-0.2, -0.15) is 0 Å². The number of hydrogen-bond acceptors (Lipinski definition) is 6. The molecule has 3 heterocycles. The van der Waals surface area contributed by atoms with Crippen molar-refractivity contribution in [2.75, 3.05) is 29.9 Å². The number of piperidine rings is 1. The first-order valence-electron chi connectivity index (χ1n) is 9.25. The zero-order valence-corrected chi connectivity index (χ0v) is 15.6. The van der Waals surface area contributed by atoms with Gasteiger partial charge < -0.3 is 9.80 Å². The first kappa shape index (κ1) is 18.0. The monoisotopic (exact) mass is 379 g/mol. The maximum atomic E-state index is 12.7. The van der Waals surface area contributed by atoms with Crippen LogP contribution in [0.15, 0.2) is 59.5 Å². The van der Waals surface area contributed by atoms with Gasteiger partial charge in [0.1, 0.15) is 5.65 Å². The molecule has 2 aromatic heterocycles. The maximum absolute atomic E-state index is 12.7. The minimum Gasteiger partial charge on any atom is -0.369 e. The molecule has 1 aliphatic heterocycles. The zero-order chi connectivity index (χ0) is 19.7. The van der Waals surface area contributed by atoms with E-state index in [1.165, 1.54) is 10.6 Å². The van der Waals surface area contributed by atoms with Crippen molar-refractivity contribution in [1.82, 2.24) is 9.38 Å². The van der Waals surface area contributed by atoms with E-state index in [2.05, 4.69) is 22.0 Å². The summed E-state index contributed by atoms with van der Waals surface area (Å²) in [6, 6.07) is 15.2. The Morgan fingerprint density at radius 3 is 2.68 bits per heavy atom. The van der Waals surface area contributed by atoms with Crippen molar-refractivity contribution in [3.05, 3.63) is 75.2 Å². The molecule has 0 aliphatic carbocycles. The summed E-state index contributed by atoms with van der Waals surface area (Å²) < 4.78 is 1.21. The smallest absolute Gasteiger partial charge is 0.369 e. The number of likely N-dealkylation sites (N-methyl/N-ethyl adjacent to an activating group) is 1. The van der Waals surface area contributed by atoms with Gasteiger partial charge in [-0.15, -0.1) is 0 Å². The third-order valence-electron chi connectivity index (χ3n) is 5.27. The van der Waals surface area contributed by atoms with E-state index in [1.54, 1.807) is 30.1 Å². The lowest BCUT2D eigenvalue weighted by molar-refractivity contribution is -0.385. The quantitative estimate of drug-likeness (QED) is 0.512. The Hall–Kier alpha value is -3.42. The minimum absolute atomic E-state index is 0.0192. The number of nitrogens with zero attached hydrogens (tertiary/aromatic N) is 5. The molecule has 1 aromatic carbocycles. The standard InChI is InChI=1S/C20H21N5O3/c1-22(16-10-7-12-23(14-16)15-8-3-2-4-9-15)19-18(25(27)28)20(26)24-13-6-5-11-17(24)21-19/h2-6,8-9,11,13,16H,7,10,12,14H2,1H3. The molecule has 144 valence electrons. The largest absolute Gasteiger partial charge is 0.376 e. The van der Waals surface area contributed by atoms with Gasteiger partial charge in [0, 0.05) is 38.1 Å². The molecular weight excluding hydrogens is 358 g/mol. The Bertz CT molecular complexity index is 1070. The fraction of sp³-hybridized carbons (Fsp3) is 0.300. The zero-order valence-electron chi connectivity index (χ0n) is 15.6. The highest BCUT2D eigenvalue weighted by atomic mass is 16.6. The van der Waals surface area contributed by atoms with E-state index in [0.717, 1.165) is 25.1 Å². The van der Waals surface area contributed by atoms with Crippen molar-refractivity contribution in [1.29, 1.82) is 0 Å². The van der Waals surface area contributed by atoms with Crippen LogP contribution in [0.1, 0.15) is 12.8 Å². The number of aromatic nitrogens is 2. The third kappa shape index (κ3) is 3.17. The fourth-order valence-corrected chi connectivity index (χ4v) is 3.79. The second-order valence-electron chi connectivity index (χ2n) is 6.96. The van der Waals surface area contributed by atoms with E-state index >= 15 is 0 Å². The molecule has 1 saturated heterocycles. The van der Waals surface area contributed by atoms with Gasteiger partial charge in [-0.1, -0.05) is 24.3 Å². The van der Waals surface area contributed by atoms with Crippen molar-refractivity contribution >= 4 is 22.8 Å². The second-order valence-corrected chi connectivity index (χ2v) is 6.96. The van der Waals surface area contributed by atoms with E-state index in [4.69, 9.17) is 0 Å². The van der Waals surface area contributed by atoms with Gasteiger partial charge in [0.2, 0.25) is 5.82 Å². The number of para-hydroxylation sites is 1. The van der Waals surface area contributed by atoms with Gasteiger partial charge in [-0.05, 0) is 37.1 Å². The number of fused-ring (bicyclic) bond motifs is 1. The summed E-state index contributed by atoms with van der Waals surface area (Å²) in [6.07, 6.45) is 3.34. The summed E-state index contributed by atoms with van der Waals surface area (Å²) in [5.74, 6) is 0.126. The molecule has 3 aromatic rings. The Balaban J connectivity index is 1.72. The van der Waals surface area contributed by atoms with Gasteiger partial charge in [0.05, 0.1) is 4.92 Å². The molecule has 0 saturated carbocycles. The Kier molecular flexibility index (Phi) is 4.68. The van der Waals surface area contributed by atoms with Gasteiger partial charge in [0.15, 0.2) is 0 Å². The number of nitro groups is 1. The average Bonchev–Trinajstić information content (AvgIpc) is 2.73. The number of rotatable bonds is 4. The van der Waals surface area contributed by atoms with Crippen molar-refractivity contribution < 1.29 is 4.92 Å². The van der Waals surface area contributed by atoms with Gasteiger partial charge in [-0.25, -0.2) is 4.98 Å². The molecule has 8 heteroatoms. The molecule has 0 amide bonds. The lowest BCUT2D eigenvalue weighted by Gasteiger charge is -2.39. The second kappa shape index (κ2) is 7.30. The molecule has 8 nitrogen and oxygen atoms in total. The molecule has 1 aliphatic rings. The molecule has 1 fully saturated rings. The van der Waals surface area contributed by atoms with E-state index < -0.39 is 16.2 Å². The molecule has 28 heavy (non-hydrogen) atoms. The van der Waals surface area contributed by atoms with Crippen LogP contribution in [-0.4, -0.2) is 40.5 Å². The van der Waals surface area contributed by atoms with Gasteiger partial charge >= 0.3 is 11.2 Å². The molecule has 4 rings (SSSR count). The Morgan fingerprint density at radius 2 is 1.93 bits per heavy atom. The van der Waals surface area contributed by atoms with E-state index in [-0.39, 0.29) is 11.9 Å². The number of hydrogen-bond donors (Lipinski definition) is 0. The average molecular weight is 379 g/mol. The van der Waals surface area contributed by atoms with Gasteiger partial charge in [0.25, 0.3) is 0 Å². The van der Waals surface area contributed by atoms with Gasteiger partial charge in [-0.3, -0.25) is 19.3 Å². The summed E-state index contributed by atoms with van der Waals surface area (Å²) in [5, 5.41) is 11.7. The number of anilines is 2. The highest BCUT2D eigenvalue weighted by Crippen LogP contribution is 2.28. The van der Waals surface area contributed by atoms with E-state index in [9.17, 15) is 14.9 Å². The van der Waals surface area contributed by atoms with Crippen molar-refractivity contribution in [3.63, 3.8) is 0 Å². The molecule has 1 atom stereocenters. The predicted molar refractivity (Wildman–Crippen MR) is 108 cm³/mol. The molecule has 0 radical (unpaired) electrons. The SMILES string of the molecule is CN(c1nc2ccccn2c(=O)c1[N+](=O)[O-])C1CCCN(c2ccccc2)C1. The Labute approximate surface area is 161 Å². The minimum atomic E-state index is -0.659. The van der Waals surface area contributed by atoms with E-state index in [1.807, 2.05) is 18.2 Å². The van der Waals surface area contributed by atoms with Crippen LogP contribution in [0.2, 0.25) is 0 Å². The fourth-order valence-electron chi connectivity index (χ4n) is 3.79. The molecule has 0 bridgehead atoms. The third-order valence-corrected chi connectivity index (χ3v) is 5.27. The van der Waals surface area contributed by atoms with Crippen LogP contribution >= 0.6 is 0 Å².